The van der Waals surface area contributed by atoms with E-state index in [0.29, 0.717) is 30.4 Å². The van der Waals surface area contributed by atoms with Gasteiger partial charge in [0, 0.05) is 18.2 Å². The number of nitrogens with two attached hydrogens (primary N) is 1. The van der Waals surface area contributed by atoms with Crippen LogP contribution in [0.2, 0.25) is 0 Å². The van der Waals surface area contributed by atoms with Crippen molar-refractivity contribution < 1.29 is 22.6 Å². The molecule has 1 saturated carbocycles. The van der Waals surface area contributed by atoms with Gasteiger partial charge in [-0.1, -0.05) is 0 Å². The third-order valence-corrected chi connectivity index (χ3v) is 4.03. The molecule has 0 bridgehead atoms. The van der Waals surface area contributed by atoms with Gasteiger partial charge in [-0.15, -0.1) is 24.0 Å². The van der Waals surface area contributed by atoms with Crippen LogP contribution in [0.5, 0.6) is 11.5 Å². The number of aliphatic imine (C=N–C) groups is 1. The maximum Gasteiger partial charge on any atom is 0.396 e. The van der Waals surface area contributed by atoms with Gasteiger partial charge >= 0.3 is 6.18 Å². The zero-order valence-corrected chi connectivity index (χ0v) is 15.2. The number of guanidine groups is 1. The van der Waals surface area contributed by atoms with Crippen LogP contribution in [0.4, 0.5) is 18.9 Å². The standard InChI is InChI=1S/C15H18F3N3O2.HI/c16-15(17,18)14(4-5-14)9-20-13(19)21-10-2-3-11-12(8-10)23-7-1-6-22-11;/h2-3,8H,1,4-7,9H2,(H3,19,20,21);1H. The molecule has 0 atom stereocenters. The van der Waals surface area contributed by atoms with Gasteiger partial charge in [-0.05, 0) is 25.0 Å². The first kappa shape index (κ1) is 18.9. The molecule has 1 aromatic carbocycles. The fourth-order valence-electron chi connectivity index (χ4n) is 2.35. The second kappa shape index (κ2) is 7.24. The predicted octanol–water partition coefficient (Wildman–Crippen LogP) is 3.54. The SMILES string of the molecule is I.NC(=NCC1(C(F)(F)F)CC1)Nc1ccc2c(c1)OCCCO2. The second-order valence-electron chi connectivity index (χ2n) is 5.82. The number of halogens is 4. The van der Waals surface area contributed by atoms with E-state index in [1.54, 1.807) is 18.2 Å². The lowest BCUT2D eigenvalue weighted by Gasteiger charge is -2.17. The minimum absolute atomic E-state index is 0. The van der Waals surface area contributed by atoms with Gasteiger partial charge in [0.15, 0.2) is 17.5 Å². The van der Waals surface area contributed by atoms with Crippen molar-refractivity contribution in [3.63, 3.8) is 0 Å². The molecule has 1 heterocycles. The van der Waals surface area contributed by atoms with E-state index in [9.17, 15) is 13.2 Å². The van der Waals surface area contributed by atoms with Crippen LogP contribution in [0.15, 0.2) is 23.2 Å². The summed E-state index contributed by atoms with van der Waals surface area (Å²) in [7, 11) is 0. The van der Waals surface area contributed by atoms with E-state index < -0.39 is 11.6 Å². The van der Waals surface area contributed by atoms with Crippen molar-refractivity contribution in [2.24, 2.45) is 16.1 Å². The molecule has 0 amide bonds. The van der Waals surface area contributed by atoms with Gasteiger partial charge in [0.2, 0.25) is 0 Å². The van der Waals surface area contributed by atoms with Gasteiger partial charge in [-0.25, -0.2) is 0 Å². The van der Waals surface area contributed by atoms with Crippen molar-refractivity contribution in [1.29, 1.82) is 0 Å². The molecule has 0 unspecified atom stereocenters. The van der Waals surface area contributed by atoms with Crippen LogP contribution in [0.25, 0.3) is 0 Å². The highest BCUT2D eigenvalue weighted by Gasteiger charge is 2.63. The minimum atomic E-state index is -4.23. The Balaban J connectivity index is 0.00000208. The maximum atomic E-state index is 12.8. The highest BCUT2D eigenvalue weighted by Crippen LogP contribution is 2.57. The van der Waals surface area contributed by atoms with E-state index in [-0.39, 0.29) is 49.3 Å². The third-order valence-electron chi connectivity index (χ3n) is 4.03. The van der Waals surface area contributed by atoms with Crippen LogP contribution in [0.3, 0.4) is 0 Å². The number of anilines is 1. The summed E-state index contributed by atoms with van der Waals surface area (Å²) in [5.41, 5.74) is 4.59. The van der Waals surface area contributed by atoms with E-state index >= 15 is 0 Å². The van der Waals surface area contributed by atoms with Gasteiger partial charge in [0.25, 0.3) is 0 Å². The number of ether oxygens (including phenoxy) is 2. The number of fused-ring (bicyclic) bond motifs is 1. The molecule has 1 aliphatic carbocycles. The summed E-state index contributed by atoms with van der Waals surface area (Å²) in [5, 5.41) is 2.79. The molecule has 0 spiro atoms. The zero-order chi connectivity index (χ0) is 16.5. The number of benzene rings is 1. The Morgan fingerprint density at radius 3 is 2.50 bits per heavy atom. The summed E-state index contributed by atoms with van der Waals surface area (Å²) in [6, 6.07) is 5.14. The van der Waals surface area contributed by atoms with E-state index in [0.717, 1.165) is 6.42 Å². The largest absolute Gasteiger partial charge is 0.490 e. The molecule has 2 aliphatic rings. The normalized spacial score (nSPS) is 19.0. The molecule has 9 heteroatoms. The molecular formula is C15H19F3IN3O2. The van der Waals surface area contributed by atoms with Crippen LogP contribution < -0.4 is 20.5 Å². The maximum absolute atomic E-state index is 12.8. The summed E-state index contributed by atoms with van der Waals surface area (Å²) in [6.45, 7) is 0.789. The first-order valence-electron chi connectivity index (χ1n) is 7.43. The van der Waals surface area contributed by atoms with E-state index in [4.69, 9.17) is 15.2 Å². The van der Waals surface area contributed by atoms with Crippen LogP contribution in [-0.4, -0.2) is 31.9 Å². The summed E-state index contributed by atoms with van der Waals surface area (Å²) in [4.78, 5) is 3.84. The van der Waals surface area contributed by atoms with Crippen LogP contribution >= 0.6 is 24.0 Å². The fourth-order valence-corrected chi connectivity index (χ4v) is 2.35. The van der Waals surface area contributed by atoms with Gasteiger partial charge in [0.1, 0.15) is 0 Å². The molecule has 1 fully saturated rings. The number of alkyl halides is 3. The topological polar surface area (TPSA) is 68.9 Å². The van der Waals surface area contributed by atoms with Crippen molar-refractivity contribution in [2.45, 2.75) is 25.4 Å². The highest BCUT2D eigenvalue weighted by molar-refractivity contribution is 14.0. The summed E-state index contributed by atoms with van der Waals surface area (Å²) < 4.78 is 49.6. The average Bonchev–Trinajstić information content (AvgIpc) is 3.29. The number of nitrogens with zero attached hydrogens (tertiary/aromatic N) is 1. The molecule has 3 N–H and O–H groups in total. The van der Waals surface area contributed by atoms with Crippen molar-refractivity contribution in [3.8, 4) is 11.5 Å². The van der Waals surface area contributed by atoms with E-state index in [1.165, 1.54) is 0 Å². The predicted molar refractivity (Wildman–Crippen MR) is 95.3 cm³/mol. The Bertz CT molecular complexity index is 618. The van der Waals surface area contributed by atoms with Gasteiger partial charge < -0.3 is 20.5 Å². The lowest BCUT2D eigenvalue weighted by molar-refractivity contribution is -0.183. The van der Waals surface area contributed by atoms with Crippen LogP contribution in [0.1, 0.15) is 19.3 Å². The smallest absolute Gasteiger partial charge is 0.396 e. The third kappa shape index (κ3) is 4.17. The Morgan fingerprint density at radius 1 is 1.21 bits per heavy atom. The van der Waals surface area contributed by atoms with Crippen molar-refractivity contribution >= 4 is 35.6 Å². The highest BCUT2D eigenvalue weighted by atomic mass is 127. The first-order valence-corrected chi connectivity index (χ1v) is 7.43. The number of hydrogen-bond acceptors (Lipinski definition) is 3. The van der Waals surface area contributed by atoms with Crippen LogP contribution in [-0.2, 0) is 0 Å². The van der Waals surface area contributed by atoms with Crippen molar-refractivity contribution in [1.82, 2.24) is 0 Å². The molecule has 1 aromatic rings. The Labute approximate surface area is 154 Å². The Kier molecular flexibility index (Phi) is 5.71. The number of nitrogens with one attached hydrogen (secondary N) is 1. The van der Waals surface area contributed by atoms with Gasteiger partial charge in [0.05, 0.1) is 25.2 Å². The van der Waals surface area contributed by atoms with Crippen molar-refractivity contribution in [3.05, 3.63) is 18.2 Å². The Morgan fingerprint density at radius 2 is 1.88 bits per heavy atom. The zero-order valence-electron chi connectivity index (χ0n) is 12.9. The summed E-state index contributed by atoms with van der Waals surface area (Å²) in [5.74, 6) is 1.17. The molecule has 134 valence electrons. The minimum Gasteiger partial charge on any atom is -0.490 e. The molecule has 0 aromatic heterocycles. The first-order chi connectivity index (χ1) is 10.9. The summed E-state index contributed by atoms with van der Waals surface area (Å²) >= 11 is 0. The van der Waals surface area contributed by atoms with Gasteiger partial charge in [-0.3, -0.25) is 4.99 Å². The second-order valence-corrected chi connectivity index (χ2v) is 5.82. The lowest BCUT2D eigenvalue weighted by Crippen LogP contribution is -2.30. The molecule has 0 saturated heterocycles. The average molecular weight is 457 g/mol. The lowest BCUT2D eigenvalue weighted by atomic mass is 10.1. The molecule has 3 rings (SSSR count). The quantitative estimate of drug-likeness (QED) is 0.414. The molecule has 1 aliphatic heterocycles. The molecular weight excluding hydrogens is 438 g/mol. The number of rotatable bonds is 3. The van der Waals surface area contributed by atoms with Gasteiger partial charge in [-0.2, -0.15) is 13.2 Å². The van der Waals surface area contributed by atoms with E-state index in [2.05, 4.69) is 10.3 Å². The molecule has 5 nitrogen and oxygen atoms in total. The Hall–Kier alpha value is -1.39. The number of hydrogen-bond donors (Lipinski definition) is 2. The molecule has 0 radical (unpaired) electrons. The molecule has 24 heavy (non-hydrogen) atoms. The van der Waals surface area contributed by atoms with Crippen LogP contribution in [0, 0.1) is 5.41 Å². The van der Waals surface area contributed by atoms with E-state index in [1.807, 2.05) is 0 Å². The van der Waals surface area contributed by atoms with Crippen molar-refractivity contribution in [2.75, 3.05) is 25.1 Å². The fraction of sp³-hybridized carbons (Fsp3) is 0.533. The monoisotopic (exact) mass is 457 g/mol. The summed E-state index contributed by atoms with van der Waals surface area (Å²) in [6.07, 6.45) is -3.22.